The van der Waals surface area contributed by atoms with Gasteiger partial charge in [0.15, 0.2) is 5.78 Å². The van der Waals surface area contributed by atoms with Crippen LogP contribution in [-0.2, 0) is 0 Å². The van der Waals surface area contributed by atoms with Crippen LogP contribution >= 0.6 is 23.1 Å². The smallest absolute Gasteiger partial charge is 0.214 e. The summed E-state index contributed by atoms with van der Waals surface area (Å²) in [7, 11) is 1.59. The molecule has 3 aromatic rings. The maximum atomic E-state index is 12.1. The lowest BCUT2D eigenvalue weighted by atomic mass is 10.3. The van der Waals surface area contributed by atoms with Crippen molar-refractivity contribution in [2.24, 2.45) is 0 Å². The first-order valence-corrected chi connectivity index (χ1v) is 8.27. The first-order chi connectivity index (χ1) is 10.8. The molecule has 1 aromatic carbocycles. The van der Waals surface area contributed by atoms with Crippen LogP contribution in [0.2, 0.25) is 0 Å². The summed E-state index contributed by atoms with van der Waals surface area (Å²) in [6, 6.07) is 11.1. The van der Waals surface area contributed by atoms with Crippen LogP contribution in [0.15, 0.2) is 46.9 Å². The molecule has 0 radical (unpaired) electrons. The van der Waals surface area contributed by atoms with Crippen molar-refractivity contribution in [3.63, 3.8) is 0 Å². The average molecular weight is 332 g/mol. The molecule has 2 aromatic heterocycles. The zero-order valence-electron chi connectivity index (χ0n) is 11.7. The first-order valence-electron chi connectivity index (χ1n) is 6.41. The highest BCUT2D eigenvalue weighted by Gasteiger charge is 2.15. The third-order valence-corrected chi connectivity index (χ3v) is 4.71. The number of rotatable bonds is 6. The number of methoxy groups -OCH3 is 1. The standard InChI is InChI=1S/C14H12N4O2S2/c1-20-12-6-3-2-5-10(12)18-14(15-16-17-18)22-9-11(19)13-7-4-8-21-13/h2-8H,9H2,1H3. The van der Waals surface area contributed by atoms with E-state index in [4.69, 9.17) is 4.74 Å². The summed E-state index contributed by atoms with van der Waals surface area (Å²) in [6.45, 7) is 0. The summed E-state index contributed by atoms with van der Waals surface area (Å²) in [5.74, 6) is 1.02. The fourth-order valence-electron chi connectivity index (χ4n) is 1.86. The van der Waals surface area contributed by atoms with E-state index >= 15 is 0 Å². The van der Waals surface area contributed by atoms with Crippen molar-refractivity contribution >= 4 is 28.9 Å². The summed E-state index contributed by atoms with van der Waals surface area (Å²) in [4.78, 5) is 12.8. The van der Waals surface area contributed by atoms with Crippen LogP contribution in [0.5, 0.6) is 5.75 Å². The van der Waals surface area contributed by atoms with Crippen LogP contribution in [0.3, 0.4) is 0 Å². The van der Waals surface area contributed by atoms with Gasteiger partial charge >= 0.3 is 0 Å². The molecule has 22 heavy (non-hydrogen) atoms. The number of para-hydroxylation sites is 2. The van der Waals surface area contributed by atoms with E-state index in [1.807, 2.05) is 41.8 Å². The number of hydrogen-bond acceptors (Lipinski definition) is 7. The third-order valence-electron chi connectivity index (χ3n) is 2.88. The summed E-state index contributed by atoms with van der Waals surface area (Å²) >= 11 is 2.74. The largest absolute Gasteiger partial charge is 0.494 e. The average Bonchev–Trinajstić information content (AvgIpc) is 3.24. The number of hydrogen-bond donors (Lipinski definition) is 0. The molecule has 0 amide bonds. The van der Waals surface area contributed by atoms with Gasteiger partial charge in [-0.15, -0.1) is 16.4 Å². The number of thiophene rings is 1. The molecule has 112 valence electrons. The number of thioether (sulfide) groups is 1. The SMILES string of the molecule is COc1ccccc1-n1nnnc1SCC(=O)c1cccs1. The highest BCUT2D eigenvalue weighted by atomic mass is 32.2. The fraction of sp³-hybridized carbons (Fsp3) is 0.143. The second kappa shape index (κ2) is 6.71. The van der Waals surface area contributed by atoms with Gasteiger partial charge in [0.1, 0.15) is 11.4 Å². The molecule has 0 spiro atoms. The minimum absolute atomic E-state index is 0.0644. The summed E-state index contributed by atoms with van der Waals surface area (Å²) in [5, 5.41) is 14.1. The Balaban J connectivity index is 1.79. The monoisotopic (exact) mass is 332 g/mol. The van der Waals surface area contributed by atoms with Crippen LogP contribution in [0, 0.1) is 0 Å². The molecule has 0 aliphatic carbocycles. The maximum absolute atomic E-state index is 12.1. The maximum Gasteiger partial charge on any atom is 0.214 e. The molecular formula is C14H12N4O2S2. The number of carbonyl (C=O) groups excluding carboxylic acids is 1. The zero-order chi connectivity index (χ0) is 15.4. The van der Waals surface area contributed by atoms with Crippen molar-refractivity contribution in [3.8, 4) is 11.4 Å². The van der Waals surface area contributed by atoms with Crippen molar-refractivity contribution in [2.45, 2.75) is 5.16 Å². The van der Waals surface area contributed by atoms with Gasteiger partial charge in [0.2, 0.25) is 5.16 Å². The van der Waals surface area contributed by atoms with E-state index in [9.17, 15) is 4.79 Å². The lowest BCUT2D eigenvalue weighted by Gasteiger charge is -2.08. The van der Waals surface area contributed by atoms with Gasteiger partial charge in [-0.1, -0.05) is 30.0 Å². The molecule has 0 aliphatic heterocycles. The molecule has 0 unspecified atom stereocenters. The van der Waals surface area contributed by atoms with E-state index in [2.05, 4.69) is 15.5 Å². The predicted octanol–water partition coefficient (Wildman–Crippen LogP) is 2.71. The molecule has 0 saturated heterocycles. The molecule has 6 nitrogen and oxygen atoms in total. The second-order valence-electron chi connectivity index (χ2n) is 4.23. The fourth-order valence-corrected chi connectivity index (χ4v) is 3.39. The van der Waals surface area contributed by atoms with Gasteiger partial charge in [-0.2, -0.15) is 4.68 Å². The lowest BCUT2D eigenvalue weighted by Crippen LogP contribution is -2.04. The minimum Gasteiger partial charge on any atom is -0.494 e. The predicted molar refractivity (Wildman–Crippen MR) is 85.1 cm³/mol. The van der Waals surface area contributed by atoms with Crippen LogP contribution in [0.4, 0.5) is 0 Å². The number of ketones is 1. The van der Waals surface area contributed by atoms with Crippen LogP contribution in [0.1, 0.15) is 9.67 Å². The molecule has 0 saturated carbocycles. The summed E-state index contributed by atoms with van der Waals surface area (Å²) in [5.41, 5.74) is 0.737. The molecule has 0 aliphatic rings. The molecule has 8 heteroatoms. The Morgan fingerprint density at radius 1 is 1.32 bits per heavy atom. The van der Waals surface area contributed by atoms with Gasteiger partial charge in [-0.3, -0.25) is 4.79 Å². The van der Waals surface area contributed by atoms with Gasteiger partial charge in [0.05, 0.1) is 17.7 Å². The van der Waals surface area contributed by atoms with E-state index in [0.717, 1.165) is 10.6 Å². The number of benzene rings is 1. The third kappa shape index (κ3) is 3.02. The Morgan fingerprint density at radius 2 is 2.18 bits per heavy atom. The number of Topliss-reactive ketones (excluding diaryl/α,β-unsaturated/α-hetero) is 1. The Kier molecular flexibility index (Phi) is 4.50. The molecule has 0 atom stereocenters. The number of nitrogens with zero attached hydrogens (tertiary/aromatic N) is 4. The van der Waals surface area contributed by atoms with Crippen molar-refractivity contribution < 1.29 is 9.53 Å². The second-order valence-corrected chi connectivity index (χ2v) is 6.12. The van der Waals surface area contributed by atoms with E-state index in [1.165, 1.54) is 23.1 Å². The minimum atomic E-state index is 0.0644. The van der Waals surface area contributed by atoms with E-state index < -0.39 is 0 Å². The van der Waals surface area contributed by atoms with Gasteiger partial charge in [0.25, 0.3) is 0 Å². The number of ether oxygens (including phenoxy) is 1. The Morgan fingerprint density at radius 3 is 2.95 bits per heavy atom. The topological polar surface area (TPSA) is 69.9 Å². The Hall–Kier alpha value is -2.19. The summed E-state index contributed by atoms with van der Waals surface area (Å²) < 4.78 is 6.89. The van der Waals surface area contributed by atoms with Crippen molar-refractivity contribution in [3.05, 3.63) is 46.7 Å². The molecule has 0 fully saturated rings. The van der Waals surface area contributed by atoms with Crippen LogP contribution in [0.25, 0.3) is 5.69 Å². The molecule has 0 bridgehead atoms. The Labute approximate surface area is 135 Å². The van der Waals surface area contributed by atoms with E-state index in [1.54, 1.807) is 11.8 Å². The Bertz CT molecular complexity index is 771. The summed E-state index contributed by atoms with van der Waals surface area (Å²) in [6.07, 6.45) is 0. The number of carbonyl (C=O) groups is 1. The van der Waals surface area contributed by atoms with E-state index in [0.29, 0.717) is 10.9 Å². The van der Waals surface area contributed by atoms with Crippen molar-refractivity contribution in [2.75, 3.05) is 12.9 Å². The van der Waals surface area contributed by atoms with Gasteiger partial charge in [0, 0.05) is 0 Å². The quantitative estimate of drug-likeness (QED) is 0.510. The van der Waals surface area contributed by atoms with Gasteiger partial charge in [-0.05, 0) is 34.0 Å². The van der Waals surface area contributed by atoms with E-state index in [-0.39, 0.29) is 11.5 Å². The van der Waals surface area contributed by atoms with Gasteiger partial charge < -0.3 is 4.74 Å². The lowest BCUT2D eigenvalue weighted by molar-refractivity contribution is 0.102. The zero-order valence-corrected chi connectivity index (χ0v) is 13.3. The van der Waals surface area contributed by atoms with Crippen molar-refractivity contribution in [1.82, 2.24) is 20.2 Å². The van der Waals surface area contributed by atoms with Crippen LogP contribution in [-0.4, -0.2) is 38.9 Å². The molecule has 0 N–H and O–H groups in total. The molecule has 2 heterocycles. The van der Waals surface area contributed by atoms with Crippen molar-refractivity contribution in [1.29, 1.82) is 0 Å². The van der Waals surface area contributed by atoms with Gasteiger partial charge in [-0.25, -0.2) is 0 Å². The first kappa shape index (κ1) is 14.7. The molecule has 3 rings (SSSR count). The van der Waals surface area contributed by atoms with Crippen LogP contribution < -0.4 is 4.74 Å². The normalized spacial score (nSPS) is 10.6. The number of aromatic nitrogens is 4. The highest BCUT2D eigenvalue weighted by Crippen LogP contribution is 2.26. The number of tetrazole rings is 1. The highest BCUT2D eigenvalue weighted by molar-refractivity contribution is 7.99. The molecular weight excluding hydrogens is 320 g/mol.